The lowest BCUT2D eigenvalue weighted by molar-refractivity contribution is 1.06. The van der Waals surface area contributed by atoms with Crippen molar-refractivity contribution in [2.24, 2.45) is 0 Å². The van der Waals surface area contributed by atoms with Gasteiger partial charge in [-0.15, -0.1) is 0 Å². The monoisotopic (exact) mass is 780 g/mol. The minimum Gasteiger partial charge on any atom is -0.308 e. The highest BCUT2D eigenvalue weighted by molar-refractivity contribution is 6.10. The molecule has 11 rings (SSSR count). The van der Waals surface area contributed by atoms with Gasteiger partial charge in [-0.1, -0.05) is 188 Å². The van der Waals surface area contributed by atoms with Gasteiger partial charge in [-0.25, -0.2) is 24.9 Å². The standard InChI is InChI=1S/C55H36N6/c1-6-18-37(19-7-1)42-30-32-45-44-28-16-17-29-49(44)61(51(45)35-42)50-33-31-43(48-36-47(38-20-8-2-9-21-38)56-52(57-48)39-22-10-3-11-23-39)34-46(50)55-59-53(40-24-12-4-13-25-40)58-54(60-55)41-26-14-5-15-27-41/h1-36H. The number of nitrogens with zero attached hydrogens (tertiary/aromatic N) is 6. The van der Waals surface area contributed by atoms with E-state index in [4.69, 9.17) is 24.9 Å². The van der Waals surface area contributed by atoms with E-state index in [2.05, 4.69) is 126 Å². The molecule has 0 unspecified atom stereocenters. The van der Waals surface area contributed by atoms with Crippen molar-refractivity contribution in [1.82, 2.24) is 29.5 Å². The number of benzene rings is 8. The van der Waals surface area contributed by atoms with Gasteiger partial charge in [0.25, 0.3) is 0 Å². The fraction of sp³-hybridized carbons (Fsp3) is 0. The molecule has 0 atom stereocenters. The second-order valence-corrected chi connectivity index (χ2v) is 14.9. The van der Waals surface area contributed by atoms with E-state index >= 15 is 0 Å². The Morgan fingerprint density at radius 2 is 0.705 bits per heavy atom. The number of para-hydroxylation sites is 1. The van der Waals surface area contributed by atoms with E-state index in [1.165, 1.54) is 0 Å². The van der Waals surface area contributed by atoms with E-state index in [1.807, 2.05) is 97.1 Å². The van der Waals surface area contributed by atoms with Crippen LogP contribution in [0.2, 0.25) is 0 Å². The molecule has 0 aliphatic rings. The maximum absolute atomic E-state index is 5.29. The van der Waals surface area contributed by atoms with Crippen LogP contribution in [-0.2, 0) is 0 Å². The van der Waals surface area contributed by atoms with Gasteiger partial charge in [-0.2, -0.15) is 0 Å². The molecule has 0 bridgehead atoms. The molecule has 6 nitrogen and oxygen atoms in total. The van der Waals surface area contributed by atoms with Crippen LogP contribution in [0.25, 0.3) is 107 Å². The topological polar surface area (TPSA) is 69.4 Å². The number of rotatable bonds is 8. The Labute approximate surface area is 353 Å². The zero-order valence-corrected chi connectivity index (χ0v) is 33.0. The molecule has 0 fully saturated rings. The Morgan fingerprint density at radius 1 is 0.262 bits per heavy atom. The molecule has 0 N–H and O–H groups in total. The van der Waals surface area contributed by atoms with Crippen LogP contribution in [0.1, 0.15) is 0 Å². The Morgan fingerprint density at radius 3 is 1.30 bits per heavy atom. The molecule has 0 saturated heterocycles. The molecule has 0 radical (unpaired) electrons. The molecule has 0 spiro atoms. The molecular formula is C55H36N6. The highest BCUT2D eigenvalue weighted by atomic mass is 15.1. The number of hydrogen-bond acceptors (Lipinski definition) is 5. The van der Waals surface area contributed by atoms with Crippen molar-refractivity contribution in [2.75, 3.05) is 0 Å². The summed E-state index contributed by atoms with van der Waals surface area (Å²) in [6.45, 7) is 0. The molecule has 61 heavy (non-hydrogen) atoms. The van der Waals surface area contributed by atoms with Gasteiger partial charge in [0, 0.05) is 44.2 Å². The van der Waals surface area contributed by atoms with Gasteiger partial charge in [0.15, 0.2) is 23.3 Å². The number of fused-ring (bicyclic) bond motifs is 3. The van der Waals surface area contributed by atoms with Crippen molar-refractivity contribution < 1.29 is 0 Å². The van der Waals surface area contributed by atoms with Crippen molar-refractivity contribution in [3.8, 4) is 84.9 Å². The van der Waals surface area contributed by atoms with Gasteiger partial charge >= 0.3 is 0 Å². The lowest BCUT2D eigenvalue weighted by Crippen LogP contribution is -2.04. The first-order valence-electron chi connectivity index (χ1n) is 20.3. The smallest absolute Gasteiger partial charge is 0.166 e. The van der Waals surface area contributed by atoms with Gasteiger partial charge in [0.2, 0.25) is 0 Å². The molecule has 0 aliphatic carbocycles. The molecule has 8 aromatic carbocycles. The lowest BCUT2D eigenvalue weighted by atomic mass is 10.0. The maximum Gasteiger partial charge on any atom is 0.166 e. The molecule has 0 saturated carbocycles. The summed E-state index contributed by atoms with van der Waals surface area (Å²) >= 11 is 0. The first-order chi connectivity index (χ1) is 30.2. The van der Waals surface area contributed by atoms with E-state index in [1.54, 1.807) is 0 Å². The summed E-state index contributed by atoms with van der Waals surface area (Å²) in [6, 6.07) is 75.1. The van der Waals surface area contributed by atoms with Crippen molar-refractivity contribution in [3.05, 3.63) is 218 Å². The molecule has 6 heteroatoms. The first-order valence-corrected chi connectivity index (χ1v) is 20.3. The molecule has 3 heterocycles. The van der Waals surface area contributed by atoms with Crippen molar-refractivity contribution in [3.63, 3.8) is 0 Å². The van der Waals surface area contributed by atoms with Crippen molar-refractivity contribution >= 4 is 21.8 Å². The number of aromatic nitrogens is 6. The largest absolute Gasteiger partial charge is 0.308 e. The Kier molecular flexibility index (Phi) is 9.06. The summed E-state index contributed by atoms with van der Waals surface area (Å²) in [5.74, 6) is 2.38. The summed E-state index contributed by atoms with van der Waals surface area (Å²) in [5.41, 5.74) is 12.5. The average molecular weight is 781 g/mol. The Balaban J connectivity index is 1.21. The third-order valence-corrected chi connectivity index (χ3v) is 11.1. The van der Waals surface area contributed by atoms with Crippen LogP contribution in [0.5, 0.6) is 0 Å². The molecular weight excluding hydrogens is 745 g/mol. The quantitative estimate of drug-likeness (QED) is 0.154. The SMILES string of the molecule is c1ccc(-c2ccc3c4ccccc4n(-c4ccc(-c5cc(-c6ccccc6)nc(-c6ccccc6)n5)cc4-c4nc(-c5ccccc5)nc(-c5ccccc5)n4)c3c2)cc1. The predicted molar refractivity (Wildman–Crippen MR) is 248 cm³/mol. The van der Waals surface area contributed by atoms with Crippen LogP contribution < -0.4 is 0 Å². The zero-order valence-electron chi connectivity index (χ0n) is 33.0. The van der Waals surface area contributed by atoms with Crippen LogP contribution in [0.3, 0.4) is 0 Å². The van der Waals surface area contributed by atoms with E-state index in [-0.39, 0.29) is 0 Å². The summed E-state index contributed by atoms with van der Waals surface area (Å²) in [7, 11) is 0. The van der Waals surface area contributed by atoms with E-state index < -0.39 is 0 Å². The first kappa shape index (κ1) is 35.8. The van der Waals surface area contributed by atoms with Crippen LogP contribution >= 0.6 is 0 Å². The highest BCUT2D eigenvalue weighted by Crippen LogP contribution is 2.40. The fourth-order valence-corrected chi connectivity index (χ4v) is 8.11. The van der Waals surface area contributed by atoms with E-state index in [0.717, 1.165) is 83.4 Å². The lowest BCUT2D eigenvalue weighted by Gasteiger charge is -2.17. The zero-order chi connectivity index (χ0) is 40.5. The van der Waals surface area contributed by atoms with Gasteiger partial charge < -0.3 is 4.57 Å². The number of hydrogen-bond donors (Lipinski definition) is 0. The van der Waals surface area contributed by atoms with Gasteiger partial charge in [0.1, 0.15) is 0 Å². The van der Waals surface area contributed by atoms with Crippen LogP contribution in [0.15, 0.2) is 218 Å². The molecule has 0 aliphatic heterocycles. The van der Waals surface area contributed by atoms with Gasteiger partial charge in [-0.05, 0) is 41.5 Å². The van der Waals surface area contributed by atoms with Crippen LogP contribution in [0, 0.1) is 0 Å². The summed E-state index contributed by atoms with van der Waals surface area (Å²) in [6.07, 6.45) is 0. The second kappa shape index (κ2) is 15.4. The Bertz CT molecular complexity index is 3220. The van der Waals surface area contributed by atoms with Crippen molar-refractivity contribution in [1.29, 1.82) is 0 Å². The fourth-order valence-electron chi connectivity index (χ4n) is 8.11. The van der Waals surface area contributed by atoms with Crippen LogP contribution in [0.4, 0.5) is 0 Å². The van der Waals surface area contributed by atoms with Gasteiger partial charge in [-0.3, -0.25) is 0 Å². The maximum atomic E-state index is 5.29. The minimum atomic E-state index is 0.551. The highest BCUT2D eigenvalue weighted by Gasteiger charge is 2.22. The van der Waals surface area contributed by atoms with Crippen LogP contribution in [-0.4, -0.2) is 29.5 Å². The summed E-state index contributed by atoms with van der Waals surface area (Å²) in [4.78, 5) is 26.0. The molecule has 286 valence electrons. The normalized spacial score (nSPS) is 11.3. The molecule has 0 amide bonds. The third kappa shape index (κ3) is 6.82. The predicted octanol–water partition coefficient (Wildman–Crippen LogP) is 13.4. The van der Waals surface area contributed by atoms with Crippen molar-refractivity contribution in [2.45, 2.75) is 0 Å². The second-order valence-electron chi connectivity index (χ2n) is 14.9. The van der Waals surface area contributed by atoms with E-state index in [9.17, 15) is 0 Å². The van der Waals surface area contributed by atoms with Gasteiger partial charge in [0.05, 0.1) is 28.1 Å². The van der Waals surface area contributed by atoms with E-state index in [0.29, 0.717) is 23.3 Å². The molecule has 11 aromatic rings. The molecule has 3 aromatic heterocycles. The minimum absolute atomic E-state index is 0.551. The average Bonchev–Trinajstić information content (AvgIpc) is 3.68. The summed E-state index contributed by atoms with van der Waals surface area (Å²) < 4.78 is 2.36. The third-order valence-electron chi connectivity index (χ3n) is 11.1. The Hall–Kier alpha value is -8.35. The summed E-state index contributed by atoms with van der Waals surface area (Å²) in [5, 5.41) is 2.32.